The molecular formula is C19H24N4O4S. The molecule has 1 aromatic heterocycles. The lowest BCUT2D eigenvalue weighted by atomic mass is 10.2. The number of aromatic nitrogens is 2. The molecule has 0 bridgehead atoms. The molecule has 0 saturated heterocycles. The number of carbonyl (C=O) groups is 2. The van der Waals surface area contributed by atoms with Crippen LogP contribution in [0.4, 0.5) is 5.82 Å². The Labute approximate surface area is 168 Å². The molecular weight excluding hydrogens is 380 g/mol. The number of hydrogen-bond donors (Lipinski definition) is 2. The number of thioether (sulfide) groups is 1. The molecule has 0 spiro atoms. The summed E-state index contributed by atoms with van der Waals surface area (Å²) in [6.07, 6.45) is 0. The van der Waals surface area contributed by atoms with Crippen LogP contribution >= 0.6 is 11.8 Å². The van der Waals surface area contributed by atoms with E-state index in [0.29, 0.717) is 19.0 Å². The highest BCUT2D eigenvalue weighted by Crippen LogP contribution is 2.34. The van der Waals surface area contributed by atoms with Crippen molar-refractivity contribution in [2.75, 3.05) is 25.6 Å². The largest absolute Gasteiger partial charge is 0.497 e. The topological polar surface area (TPSA) is 94.5 Å². The molecule has 8 nitrogen and oxygen atoms in total. The quantitative estimate of drug-likeness (QED) is 0.663. The summed E-state index contributed by atoms with van der Waals surface area (Å²) < 4.78 is 11.8. The lowest BCUT2D eigenvalue weighted by molar-refractivity contribution is -0.122. The van der Waals surface area contributed by atoms with Crippen LogP contribution in [0.25, 0.3) is 0 Å². The first kappa shape index (κ1) is 20.2. The number of rotatable bonds is 9. The third kappa shape index (κ3) is 5.05. The zero-order valence-corrected chi connectivity index (χ0v) is 16.8. The number of carbonyl (C=O) groups excluding carboxylic acids is 2. The Morgan fingerprint density at radius 1 is 1.21 bits per heavy atom. The maximum absolute atomic E-state index is 12.4. The summed E-state index contributed by atoms with van der Waals surface area (Å²) in [5, 5.41) is 10.2. The van der Waals surface area contributed by atoms with Crippen molar-refractivity contribution in [3.63, 3.8) is 0 Å². The van der Waals surface area contributed by atoms with Crippen LogP contribution in [0.5, 0.6) is 5.75 Å². The molecule has 150 valence electrons. The van der Waals surface area contributed by atoms with Crippen molar-refractivity contribution in [2.24, 2.45) is 0 Å². The molecule has 1 aliphatic rings. The number of amides is 2. The van der Waals surface area contributed by atoms with Gasteiger partial charge in [0.25, 0.3) is 5.91 Å². The van der Waals surface area contributed by atoms with Crippen LogP contribution in [-0.4, -0.2) is 41.9 Å². The van der Waals surface area contributed by atoms with E-state index in [-0.39, 0.29) is 25.0 Å². The summed E-state index contributed by atoms with van der Waals surface area (Å²) in [5.74, 6) is 2.49. The van der Waals surface area contributed by atoms with Gasteiger partial charge in [-0.25, -0.2) is 4.68 Å². The molecule has 0 saturated carbocycles. The minimum atomic E-state index is -0.249. The summed E-state index contributed by atoms with van der Waals surface area (Å²) in [6, 6.07) is 7.50. The average molecular weight is 404 g/mol. The standard InChI is InChI=1S/C19H24N4O4S/c1-3-27-10-18(25)21-19-15-11-28-12-16(15)22-23(19)9-17(24)20-8-13-4-6-14(26-2)7-5-13/h4-7H,3,8-12H2,1-2H3,(H,20,24)(H,21,25). The maximum atomic E-state index is 12.4. The summed E-state index contributed by atoms with van der Waals surface area (Å²) in [4.78, 5) is 24.5. The second-order valence-electron chi connectivity index (χ2n) is 6.23. The average Bonchev–Trinajstić information content (AvgIpc) is 3.28. The first-order valence-corrected chi connectivity index (χ1v) is 10.2. The molecule has 0 unspecified atom stereocenters. The fourth-order valence-electron chi connectivity index (χ4n) is 2.82. The van der Waals surface area contributed by atoms with Crippen LogP contribution in [0.2, 0.25) is 0 Å². The van der Waals surface area contributed by atoms with Gasteiger partial charge in [0.2, 0.25) is 5.91 Å². The lowest BCUT2D eigenvalue weighted by Crippen LogP contribution is -2.29. The summed E-state index contributed by atoms with van der Waals surface area (Å²) >= 11 is 1.74. The van der Waals surface area contributed by atoms with Gasteiger partial charge in [-0.05, 0) is 24.6 Å². The van der Waals surface area contributed by atoms with Crippen LogP contribution < -0.4 is 15.4 Å². The third-order valence-corrected chi connectivity index (χ3v) is 5.23. The molecule has 1 aromatic carbocycles. The number of fused-ring (bicyclic) bond motifs is 1. The first-order valence-electron chi connectivity index (χ1n) is 9.04. The van der Waals surface area contributed by atoms with Crippen molar-refractivity contribution in [1.29, 1.82) is 0 Å². The Kier molecular flexibility index (Phi) is 6.94. The molecule has 9 heteroatoms. The van der Waals surface area contributed by atoms with Crippen LogP contribution in [0.3, 0.4) is 0 Å². The number of nitrogens with one attached hydrogen (secondary N) is 2. The van der Waals surface area contributed by atoms with Crippen molar-refractivity contribution >= 4 is 29.4 Å². The van der Waals surface area contributed by atoms with Gasteiger partial charge in [-0.15, -0.1) is 0 Å². The zero-order valence-electron chi connectivity index (χ0n) is 16.0. The Bertz CT molecular complexity index is 835. The fourth-order valence-corrected chi connectivity index (χ4v) is 3.85. The molecule has 2 aromatic rings. The third-order valence-electron chi connectivity index (χ3n) is 4.26. The van der Waals surface area contributed by atoms with E-state index in [4.69, 9.17) is 9.47 Å². The number of ether oxygens (including phenoxy) is 2. The number of methoxy groups -OCH3 is 1. The monoisotopic (exact) mass is 404 g/mol. The molecule has 0 aliphatic carbocycles. The highest BCUT2D eigenvalue weighted by atomic mass is 32.2. The molecule has 0 radical (unpaired) electrons. The van der Waals surface area contributed by atoms with Crippen molar-refractivity contribution in [3.05, 3.63) is 41.1 Å². The van der Waals surface area contributed by atoms with Crippen LogP contribution in [-0.2, 0) is 38.9 Å². The molecule has 1 aliphatic heterocycles. The minimum absolute atomic E-state index is 0.0206. The van der Waals surface area contributed by atoms with Crippen molar-refractivity contribution in [1.82, 2.24) is 15.1 Å². The normalized spacial score (nSPS) is 12.5. The molecule has 2 amide bonds. The molecule has 0 atom stereocenters. The predicted molar refractivity (Wildman–Crippen MR) is 107 cm³/mol. The number of anilines is 1. The summed E-state index contributed by atoms with van der Waals surface area (Å²) in [6.45, 7) is 2.73. The lowest BCUT2D eigenvalue weighted by Gasteiger charge is -2.11. The van der Waals surface area contributed by atoms with Gasteiger partial charge in [-0.1, -0.05) is 12.1 Å². The van der Waals surface area contributed by atoms with Gasteiger partial charge in [-0.2, -0.15) is 16.9 Å². The summed E-state index contributed by atoms with van der Waals surface area (Å²) in [7, 11) is 1.61. The second-order valence-corrected chi connectivity index (χ2v) is 7.22. The van der Waals surface area contributed by atoms with E-state index >= 15 is 0 Å². The first-order chi connectivity index (χ1) is 13.6. The van der Waals surface area contributed by atoms with Gasteiger partial charge in [0.15, 0.2) is 0 Å². The van der Waals surface area contributed by atoms with Gasteiger partial charge in [-0.3, -0.25) is 9.59 Å². The number of nitrogens with zero attached hydrogens (tertiary/aromatic N) is 2. The Hall–Kier alpha value is -2.52. The highest BCUT2D eigenvalue weighted by molar-refractivity contribution is 7.98. The van der Waals surface area contributed by atoms with Crippen LogP contribution in [0, 0.1) is 0 Å². The Morgan fingerprint density at radius 3 is 2.71 bits per heavy atom. The fraction of sp³-hybridized carbons (Fsp3) is 0.421. The van der Waals surface area contributed by atoms with Gasteiger partial charge in [0, 0.05) is 30.2 Å². The van der Waals surface area contributed by atoms with Crippen LogP contribution in [0.15, 0.2) is 24.3 Å². The molecule has 2 heterocycles. The van der Waals surface area contributed by atoms with Crippen molar-refractivity contribution < 1.29 is 19.1 Å². The zero-order chi connectivity index (χ0) is 19.9. The van der Waals surface area contributed by atoms with E-state index < -0.39 is 0 Å². The van der Waals surface area contributed by atoms with Gasteiger partial charge in [0.1, 0.15) is 24.7 Å². The SMILES string of the molecule is CCOCC(=O)Nc1c2c(nn1CC(=O)NCc1ccc(OC)cc1)CSC2. The van der Waals surface area contributed by atoms with Crippen molar-refractivity contribution in [3.8, 4) is 5.75 Å². The van der Waals surface area contributed by atoms with Crippen LogP contribution in [0.1, 0.15) is 23.7 Å². The van der Waals surface area contributed by atoms with Gasteiger partial charge in [0.05, 0.1) is 12.8 Å². The molecule has 28 heavy (non-hydrogen) atoms. The maximum Gasteiger partial charge on any atom is 0.251 e. The Balaban J connectivity index is 1.62. The molecule has 0 fully saturated rings. The van der Waals surface area contributed by atoms with E-state index in [0.717, 1.165) is 34.1 Å². The van der Waals surface area contributed by atoms with E-state index in [9.17, 15) is 9.59 Å². The molecule has 2 N–H and O–H groups in total. The van der Waals surface area contributed by atoms with E-state index in [2.05, 4.69) is 15.7 Å². The predicted octanol–water partition coefficient (Wildman–Crippen LogP) is 1.93. The van der Waals surface area contributed by atoms with E-state index in [1.165, 1.54) is 0 Å². The minimum Gasteiger partial charge on any atom is -0.497 e. The number of benzene rings is 1. The molecule has 3 rings (SSSR count). The van der Waals surface area contributed by atoms with Gasteiger partial charge >= 0.3 is 0 Å². The van der Waals surface area contributed by atoms with E-state index in [1.807, 2.05) is 31.2 Å². The highest BCUT2D eigenvalue weighted by Gasteiger charge is 2.24. The second kappa shape index (κ2) is 9.61. The van der Waals surface area contributed by atoms with Gasteiger partial charge < -0.3 is 20.1 Å². The summed E-state index contributed by atoms with van der Waals surface area (Å²) in [5.41, 5.74) is 2.87. The van der Waals surface area contributed by atoms with E-state index in [1.54, 1.807) is 23.6 Å². The smallest absolute Gasteiger partial charge is 0.251 e. The number of hydrogen-bond acceptors (Lipinski definition) is 6. The van der Waals surface area contributed by atoms with Crippen molar-refractivity contribution in [2.45, 2.75) is 31.5 Å². The Morgan fingerprint density at radius 2 is 2.00 bits per heavy atom.